The van der Waals surface area contributed by atoms with Crippen LogP contribution in [0, 0.1) is 11.8 Å². The molecule has 4 nitrogen and oxygen atoms in total. The van der Waals surface area contributed by atoms with E-state index in [4.69, 9.17) is 10.2 Å². The Morgan fingerprint density at radius 1 is 1.60 bits per heavy atom. The highest BCUT2D eigenvalue weighted by atomic mass is 16.3. The van der Waals surface area contributed by atoms with Crippen molar-refractivity contribution in [2.24, 2.45) is 17.6 Å². The number of carbonyl (C=O) groups excluding carboxylic acids is 1. The molecule has 1 unspecified atom stereocenters. The molecule has 84 valence electrons. The van der Waals surface area contributed by atoms with E-state index in [0.29, 0.717) is 13.1 Å². The predicted molar refractivity (Wildman–Crippen MR) is 57.9 cm³/mol. The van der Waals surface area contributed by atoms with Crippen LogP contribution in [-0.2, 0) is 11.3 Å². The van der Waals surface area contributed by atoms with Crippen molar-refractivity contribution in [2.45, 2.75) is 20.4 Å². The number of hydrogen-bond acceptors (Lipinski definition) is 3. The Balaban J connectivity index is 2.41. The summed E-state index contributed by atoms with van der Waals surface area (Å²) in [6.45, 7) is 4.78. The lowest BCUT2D eigenvalue weighted by molar-refractivity contribution is -0.126. The van der Waals surface area contributed by atoms with Gasteiger partial charge in [0.05, 0.1) is 18.7 Å². The zero-order chi connectivity index (χ0) is 11.3. The largest absolute Gasteiger partial charge is 0.467 e. The van der Waals surface area contributed by atoms with E-state index in [1.54, 1.807) is 12.3 Å². The van der Waals surface area contributed by atoms with E-state index in [-0.39, 0.29) is 17.7 Å². The SMILES string of the molecule is CC(C)C(CN)C(=O)NCc1ccco1. The number of carbonyl (C=O) groups is 1. The molecule has 15 heavy (non-hydrogen) atoms. The van der Waals surface area contributed by atoms with Crippen molar-refractivity contribution in [3.8, 4) is 0 Å². The molecule has 0 fully saturated rings. The number of rotatable bonds is 5. The van der Waals surface area contributed by atoms with Crippen LogP contribution in [0.4, 0.5) is 0 Å². The standard InChI is InChI=1S/C11H18N2O2/c1-8(2)10(6-12)11(14)13-7-9-4-3-5-15-9/h3-5,8,10H,6-7,12H2,1-2H3,(H,13,14). The van der Waals surface area contributed by atoms with Crippen LogP contribution in [0.1, 0.15) is 19.6 Å². The van der Waals surface area contributed by atoms with Gasteiger partial charge in [-0.05, 0) is 18.1 Å². The van der Waals surface area contributed by atoms with Crippen molar-refractivity contribution in [1.82, 2.24) is 5.32 Å². The van der Waals surface area contributed by atoms with Crippen LogP contribution in [-0.4, -0.2) is 12.5 Å². The zero-order valence-electron chi connectivity index (χ0n) is 9.19. The van der Waals surface area contributed by atoms with Crippen LogP contribution in [0.2, 0.25) is 0 Å². The van der Waals surface area contributed by atoms with Gasteiger partial charge in [-0.1, -0.05) is 13.8 Å². The average Bonchev–Trinajstić information content (AvgIpc) is 2.67. The molecule has 0 bridgehead atoms. The van der Waals surface area contributed by atoms with Gasteiger partial charge in [-0.25, -0.2) is 0 Å². The van der Waals surface area contributed by atoms with E-state index in [2.05, 4.69) is 5.32 Å². The highest BCUT2D eigenvalue weighted by molar-refractivity contribution is 5.79. The summed E-state index contributed by atoms with van der Waals surface area (Å²) in [5.41, 5.74) is 5.54. The first-order valence-electron chi connectivity index (χ1n) is 5.15. The number of hydrogen-bond donors (Lipinski definition) is 2. The topological polar surface area (TPSA) is 68.3 Å². The summed E-state index contributed by atoms with van der Waals surface area (Å²) >= 11 is 0. The molecule has 1 heterocycles. The predicted octanol–water partition coefficient (Wildman–Crippen LogP) is 1.13. The fraction of sp³-hybridized carbons (Fsp3) is 0.545. The monoisotopic (exact) mass is 210 g/mol. The maximum Gasteiger partial charge on any atom is 0.225 e. The molecule has 0 radical (unpaired) electrons. The van der Waals surface area contributed by atoms with Crippen LogP contribution in [0.25, 0.3) is 0 Å². The Hall–Kier alpha value is -1.29. The molecule has 0 saturated heterocycles. The number of furan rings is 1. The third kappa shape index (κ3) is 3.40. The van der Waals surface area contributed by atoms with Gasteiger partial charge in [-0.2, -0.15) is 0 Å². The molecule has 0 aliphatic carbocycles. The highest BCUT2D eigenvalue weighted by Crippen LogP contribution is 2.09. The zero-order valence-corrected chi connectivity index (χ0v) is 9.19. The van der Waals surface area contributed by atoms with Crippen molar-refractivity contribution < 1.29 is 9.21 Å². The molecule has 1 atom stereocenters. The molecule has 1 rings (SSSR count). The van der Waals surface area contributed by atoms with E-state index in [1.165, 1.54) is 0 Å². The third-order valence-electron chi connectivity index (χ3n) is 2.41. The molecule has 4 heteroatoms. The van der Waals surface area contributed by atoms with Gasteiger partial charge in [0.25, 0.3) is 0 Å². The smallest absolute Gasteiger partial charge is 0.225 e. The fourth-order valence-electron chi connectivity index (χ4n) is 1.40. The summed E-state index contributed by atoms with van der Waals surface area (Å²) in [4.78, 5) is 11.7. The van der Waals surface area contributed by atoms with Crippen LogP contribution in [0.3, 0.4) is 0 Å². The molecule has 1 aromatic heterocycles. The van der Waals surface area contributed by atoms with E-state index in [0.717, 1.165) is 5.76 Å². The lowest BCUT2D eigenvalue weighted by Gasteiger charge is -2.17. The first-order chi connectivity index (χ1) is 7.15. The summed E-state index contributed by atoms with van der Waals surface area (Å²) in [5.74, 6) is 0.873. The lowest BCUT2D eigenvalue weighted by Crippen LogP contribution is -2.37. The summed E-state index contributed by atoms with van der Waals surface area (Å²) in [6, 6.07) is 3.62. The minimum Gasteiger partial charge on any atom is -0.467 e. The molecule has 0 spiro atoms. The summed E-state index contributed by atoms with van der Waals surface area (Å²) in [6.07, 6.45) is 1.59. The van der Waals surface area contributed by atoms with Crippen molar-refractivity contribution in [1.29, 1.82) is 0 Å². The number of nitrogens with one attached hydrogen (secondary N) is 1. The van der Waals surface area contributed by atoms with Gasteiger partial charge in [0, 0.05) is 6.54 Å². The molecule has 1 amide bonds. The summed E-state index contributed by atoms with van der Waals surface area (Å²) < 4.78 is 5.11. The first-order valence-corrected chi connectivity index (χ1v) is 5.15. The maximum atomic E-state index is 11.7. The van der Waals surface area contributed by atoms with Crippen molar-refractivity contribution in [3.05, 3.63) is 24.2 Å². The van der Waals surface area contributed by atoms with E-state index in [9.17, 15) is 4.79 Å². The Morgan fingerprint density at radius 3 is 2.80 bits per heavy atom. The van der Waals surface area contributed by atoms with E-state index >= 15 is 0 Å². The van der Waals surface area contributed by atoms with Gasteiger partial charge in [0.2, 0.25) is 5.91 Å². The molecule has 0 saturated carbocycles. The first kappa shape index (κ1) is 11.8. The minimum atomic E-state index is -0.125. The molecular formula is C11H18N2O2. The van der Waals surface area contributed by atoms with Gasteiger partial charge < -0.3 is 15.5 Å². The highest BCUT2D eigenvalue weighted by Gasteiger charge is 2.19. The quantitative estimate of drug-likeness (QED) is 0.765. The molecule has 0 aliphatic rings. The second kappa shape index (κ2) is 5.56. The normalized spacial score (nSPS) is 12.8. The van der Waals surface area contributed by atoms with Crippen LogP contribution >= 0.6 is 0 Å². The Labute approximate surface area is 89.8 Å². The van der Waals surface area contributed by atoms with Gasteiger partial charge >= 0.3 is 0 Å². The second-order valence-electron chi connectivity index (χ2n) is 3.88. The van der Waals surface area contributed by atoms with Gasteiger partial charge in [-0.3, -0.25) is 4.79 Å². The molecule has 1 aromatic rings. The maximum absolute atomic E-state index is 11.7. The van der Waals surface area contributed by atoms with Crippen molar-refractivity contribution in [2.75, 3.05) is 6.54 Å². The van der Waals surface area contributed by atoms with Crippen molar-refractivity contribution in [3.63, 3.8) is 0 Å². The number of amides is 1. The second-order valence-corrected chi connectivity index (χ2v) is 3.88. The molecule has 0 aromatic carbocycles. The van der Waals surface area contributed by atoms with Crippen molar-refractivity contribution >= 4 is 5.91 Å². The van der Waals surface area contributed by atoms with Gasteiger partial charge in [0.1, 0.15) is 5.76 Å². The molecular weight excluding hydrogens is 192 g/mol. The Kier molecular flexibility index (Phi) is 4.37. The Bertz CT molecular complexity index is 294. The minimum absolute atomic E-state index is 0.0103. The van der Waals surface area contributed by atoms with Crippen LogP contribution < -0.4 is 11.1 Å². The van der Waals surface area contributed by atoms with Crippen LogP contribution in [0.15, 0.2) is 22.8 Å². The van der Waals surface area contributed by atoms with Crippen LogP contribution in [0.5, 0.6) is 0 Å². The molecule has 0 aliphatic heterocycles. The van der Waals surface area contributed by atoms with Gasteiger partial charge in [-0.15, -0.1) is 0 Å². The average molecular weight is 210 g/mol. The molecule has 3 N–H and O–H groups in total. The van der Waals surface area contributed by atoms with Gasteiger partial charge in [0.15, 0.2) is 0 Å². The summed E-state index contributed by atoms with van der Waals surface area (Å²) in [5, 5.41) is 2.80. The van der Waals surface area contributed by atoms with E-state index in [1.807, 2.05) is 19.9 Å². The third-order valence-corrected chi connectivity index (χ3v) is 2.41. The lowest BCUT2D eigenvalue weighted by atomic mass is 9.95. The fourth-order valence-corrected chi connectivity index (χ4v) is 1.40. The summed E-state index contributed by atoms with van der Waals surface area (Å²) in [7, 11) is 0. The Morgan fingerprint density at radius 2 is 2.33 bits per heavy atom. The number of nitrogens with two attached hydrogens (primary N) is 1. The van der Waals surface area contributed by atoms with E-state index < -0.39 is 0 Å².